The van der Waals surface area contributed by atoms with E-state index in [-0.39, 0.29) is 0 Å². The summed E-state index contributed by atoms with van der Waals surface area (Å²) in [6, 6.07) is 7.21. The molecule has 3 rings (SSSR count). The van der Waals surface area contributed by atoms with Crippen molar-refractivity contribution in [2.75, 3.05) is 13.7 Å². The van der Waals surface area contributed by atoms with E-state index >= 15 is 0 Å². The first kappa shape index (κ1) is 14.1. The van der Waals surface area contributed by atoms with E-state index < -0.39 is 5.97 Å². The van der Waals surface area contributed by atoms with Gasteiger partial charge in [-0.1, -0.05) is 0 Å². The SMILES string of the molecule is COc1ccc(C(=O)O)cc1CN1CCc2sccc2C1. The molecule has 110 valence electrons. The van der Waals surface area contributed by atoms with Crippen LogP contribution in [0.15, 0.2) is 29.6 Å². The summed E-state index contributed by atoms with van der Waals surface area (Å²) in [5.41, 5.74) is 2.62. The molecule has 1 aliphatic rings. The van der Waals surface area contributed by atoms with Crippen LogP contribution in [-0.2, 0) is 19.5 Å². The van der Waals surface area contributed by atoms with E-state index in [4.69, 9.17) is 9.84 Å². The van der Waals surface area contributed by atoms with Crippen LogP contribution in [-0.4, -0.2) is 29.6 Å². The number of nitrogens with zero attached hydrogens (tertiary/aromatic N) is 1. The number of aromatic carboxylic acids is 1. The van der Waals surface area contributed by atoms with Crippen molar-refractivity contribution in [1.82, 2.24) is 4.90 Å². The molecule has 5 heteroatoms. The summed E-state index contributed by atoms with van der Waals surface area (Å²) < 4.78 is 5.36. The van der Waals surface area contributed by atoms with E-state index in [0.29, 0.717) is 12.1 Å². The molecule has 2 heterocycles. The summed E-state index contributed by atoms with van der Waals surface area (Å²) in [5.74, 6) is -0.159. The second kappa shape index (κ2) is 5.87. The Balaban J connectivity index is 1.81. The first-order valence-electron chi connectivity index (χ1n) is 6.85. The third kappa shape index (κ3) is 2.94. The second-order valence-electron chi connectivity index (χ2n) is 5.16. The molecule has 0 saturated carbocycles. The molecule has 0 bridgehead atoms. The minimum atomic E-state index is -0.905. The summed E-state index contributed by atoms with van der Waals surface area (Å²) in [7, 11) is 1.62. The molecular weight excluding hydrogens is 286 g/mol. The Morgan fingerprint density at radius 1 is 1.43 bits per heavy atom. The van der Waals surface area contributed by atoms with Crippen LogP contribution in [0.3, 0.4) is 0 Å². The fraction of sp³-hybridized carbons (Fsp3) is 0.312. The van der Waals surface area contributed by atoms with Gasteiger partial charge in [0.1, 0.15) is 5.75 Å². The van der Waals surface area contributed by atoms with Gasteiger partial charge in [0.25, 0.3) is 0 Å². The lowest BCUT2D eigenvalue weighted by Crippen LogP contribution is -2.29. The van der Waals surface area contributed by atoms with Crippen LogP contribution in [0.1, 0.15) is 26.4 Å². The summed E-state index contributed by atoms with van der Waals surface area (Å²) in [6.07, 6.45) is 1.06. The van der Waals surface area contributed by atoms with Crippen LogP contribution in [0.4, 0.5) is 0 Å². The largest absolute Gasteiger partial charge is 0.496 e. The normalized spacial score (nSPS) is 14.7. The lowest BCUT2D eigenvalue weighted by atomic mass is 10.1. The number of thiophene rings is 1. The number of rotatable bonds is 4. The van der Waals surface area contributed by atoms with E-state index in [1.807, 2.05) is 11.3 Å². The Bertz CT molecular complexity index is 665. The van der Waals surface area contributed by atoms with Gasteiger partial charge in [0.05, 0.1) is 12.7 Å². The van der Waals surface area contributed by atoms with Crippen LogP contribution in [0.2, 0.25) is 0 Å². The van der Waals surface area contributed by atoms with Crippen molar-refractivity contribution >= 4 is 17.3 Å². The third-order valence-corrected chi connectivity index (χ3v) is 4.83. The van der Waals surface area contributed by atoms with Gasteiger partial charge >= 0.3 is 5.97 Å². The van der Waals surface area contributed by atoms with Gasteiger partial charge in [0, 0.05) is 30.1 Å². The first-order chi connectivity index (χ1) is 10.2. The van der Waals surface area contributed by atoms with Crippen molar-refractivity contribution in [2.45, 2.75) is 19.5 Å². The Hall–Kier alpha value is -1.85. The Kier molecular flexibility index (Phi) is 3.94. The fourth-order valence-corrected chi connectivity index (χ4v) is 3.61. The number of carboxylic acid groups (broad SMARTS) is 1. The zero-order valence-electron chi connectivity index (χ0n) is 11.8. The molecule has 0 amide bonds. The predicted octanol–water partition coefficient (Wildman–Crippen LogP) is 3.01. The molecule has 0 saturated heterocycles. The minimum Gasteiger partial charge on any atom is -0.496 e. The van der Waals surface area contributed by atoms with Crippen molar-refractivity contribution in [3.63, 3.8) is 0 Å². The van der Waals surface area contributed by atoms with Gasteiger partial charge in [0.2, 0.25) is 0 Å². The van der Waals surface area contributed by atoms with Gasteiger partial charge < -0.3 is 9.84 Å². The summed E-state index contributed by atoms with van der Waals surface area (Å²) in [4.78, 5) is 14.9. The van der Waals surface area contributed by atoms with E-state index in [0.717, 1.165) is 30.8 Å². The van der Waals surface area contributed by atoms with Gasteiger partial charge in [-0.05, 0) is 41.6 Å². The second-order valence-corrected chi connectivity index (χ2v) is 6.16. The molecule has 0 unspecified atom stereocenters. The van der Waals surface area contributed by atoms with Gasteiger partial charge in [0.15, 0.2) is 0 Å². The monoisotopic (exact) mass is 303 g/mol. The van der Waals surface area contributed by atoms with Gasteiger partial charge in [-0.3, -0.25) is 4.90 Å². The van der Waals surface area contributed by atoms with Crippen molar-refractivity contribution in [3.05, 3.63) is 51.2 Å². The maximum absolute atomic E-state index is 11.1. The van der Waals surface area contributed by atoms with E-state index in [1.165, 1.54) is 10.4 Å². The highest BCUT2D eigenvalue weighted by Gasteiger charge is 2.19. The maximum Gasteiger partial charge on any atom is 0.335 e. The smallest absolute Gasteiger partial charge is 0.335 e. The van der Waals surface area contributed by atoms with E-state index in [2.05, 4.69) is 16.3 Å². The molecule has 1 N–H and O–H groups in total. The number of ether oxygens (including phenoxy) is 1. The van der Waals surface area contributed by atoms with Crippen molar-refractivity contribution in [1.29, 1.82) is 0 Å². The zero-order valence-corrected chi connectivity index (χ0v) is 12.7. The topological polar surface area (TPSA) is 49.8 Å². The van der Waals surface area contributed by atoms with Gasteiger partial charge in [-0.15, -0.1) is 11.3 Å². The number of carbonyl (C=O) groups is 1. The highest BCUT2D eigenvalue weighted by Crippen LogP contribution is 2.27. The summed E-state index contributed by atoms with van der Waals surface area (Å²) in [5, 5.41) is 11.3. The molecule has 2 aromatic rings. The molecule has 4 nitrogen and oxygen atoms in total. The predicted molar refractivity (Wildman–Crippen MR) is 82.1 cm³/mol. The Labute approximate surface area is 127 Å². The Morgan fingerprint density at radius 3 is 3.05 bits per heavy atom. The summed E-state index contributed by atoms with van der Waals surface area (Å²) >= 11 is 1.82. The van der Waals surface area contributed by atoms with Crippen LogP contribution < -0.4 is 4.74 Å². The van der Waals surface area contributed by atoms with Crippen molar-refractivity contribution in [3.8, 4) is 5.75 Å². The highest BCUT2D eigenvalue weighted by molar-refractivity contribution is 7.10. The molecule has 1 aromatic carbocycles. The molecule has 21 heavy (non-hydrogen) atoms. The first-order valence-corrected chi connectivity index (χ1v) is 7.73. The number of benzene rings is 1. The lowest BCUT2D eigenvalue weighted by molar-refractivity contribution is 0.0696. The highest BCUT2D eigenvalue weighted by atomic mass is 32.1. The zero-order chi connectivity index (χ0) is 14.8. The van der Waals surface area contributed by atoms with Crippen LogP contribution >= 0.6 is 11.3 Å². The van der Waals surface area contributed by atoms with Gasteiger partial charge in [-0.25, -0.2) is 4.79 Å². The van der Waals surface area contributed by atoms with E-state index in [1.54, 1.807) is 25.3 Å². The average molecular weight is 303 g/mol. The third-order valence-electron chi connectivity index (χ3n) is 3.81. The van der Waals surface area contributed by atoms with Crippen molar-refractivity contribution < 1.29 is 14.6 Å². The molecule has 0 atom stereocenters. The number of hydrogen-bond acceptors (Lipinski definition) is 4. The van der Waals surface area contributed by atoms with Crippen LogP contribution in [0.25, 0.3) is 0 Å². The number of fused-ring (bicyclic) bond motifs is 1. The van der Waals surface area contributed by atoms with Crippen LogP contribution in [0, 0.1) is 0 Å². The van der Waals surface area contributed by atoms with Crippen molar-refractivity contribution in [2.24, 2.45) is 0 Å². The molecule has 0 aliphatic carbocycles. The molecule has 0 spiro atoms. The average Bonchev–Trinajstić information content (AvgIpc) is 2.94. The van der Waals surface area contributed by atoms with Crippen LogP contribution in [0.5, 0.6) is 5.75 Å². The van der Waals surface area contributed by atoms with E-state index in [9.17, 15) is 4.79 Å². The molecule has 0 radical (unpaired) electrons. The molecule has 1 aliphatic heterocycles. The quantitative estimate of drug-likeness (QED) is 0.943. The number of hydrogen-bond donors (Lipinski definition) is 1. The Morgan fingerprint density at radius 2 is 2.29 bits per heavy atom. The molecular formula is C16H17NO3S. The summed E-state index contributed by atoms with van der Waals surface area (Å²) in [6.45, 7) is 2.62. The van der Waals surface area contributed by atoms with Gasteiger partial charge in [-0.2, -0.15) is 0 Å². The fourth-order valence-electron chi connectivity index (χ4n) is 2.72. The lowest BCUT2D eigenvalue weighted by Gasteiger charge is -2.27. The maximum atomic E-state index is 11.1. The number of carboxylic acids is 1. The molecule has 0 fully saturated rings. The number of methoxy groups -OCH3 is 1. The molecule has 1 aromatic heterocycles. The minimum absolute atomic E-state index is 0.305. The standard InChI is InChI=1S/C16H17NO3S/c1-20-14-3-2-11(16(18)19)8-13(14)10-17-6-4-15-12(9-17)5-7-21-15/h2-3,5,7-8H,4,6,9-10H2,1H3,(H,18,19).